The average Bonchev–Trinajstić information content (AvgIpc) is 3.30. The Morgan fingerprint density at radius 3 is 2.77 bits per heavy atom. The van der Waals surface area contributed by atoms with Crippen molar-refractivity contribution in [1.29, 1.82) is 0 Å². The van der Waals surface area contributed by atoms with E-state index in [0.717, 1.165) is 11.4 Å². The van der Waals surface area contributed by atoms with Gasteiger partial charge >= 0.3 is 5.97 Å². The molecule has 2 aromatic heterocycles. The lowest BCUT2D eigenvalue weighted by Crippen LogP contribution is -2.15. The van der Waals surface area contributed by atoms with E-state index in [9.17, 15) is 9.59 Å². The zero-order valence-electron chi connectivity index (χ0n) is 17.2. The Hall–Kier alpha value is -3.20. The van der Waals surface area contributed by atoms with Crippen molar-refractivity contribution in [3.8, 4) is 5.75 Å². The van der Waals surface area contributed by atoms with Crippen LogP contribution in [0.25, 0.3) is 0 Å². The lowest BCUT2D eigenvalue weighted by molar-refractivity contribution is -0.145. The summed E-state index contributed by atoms with van der Waals surface area (Å²) in [5.41, 5.74) is 3.17. The second-order valence-corrected chi connectivity index (χ2v) is 7.66. The minimum Gasteiger partial charge on any atom is -0.495 e. The largest absolute Gasteiger partial charge is 0.495 e. The number of nitrogens with one attached hydrogen (secondary N) is 1. The van der Waals surface area contributed by atoms with E-state index in [-0.39, 0.29) is 31.3 Å². The van der Waals surface area contributed by atoms with Gasteiger partial charge in [0.25, 0.3) is 0 Å². The highest BCUT2D eigenvalue weighted by Gasteiger charge is 2.12. The zero-order chi connectivity index (χ0) is 21.5. The Morgan fingerprint density at radius 1 is 1.23 bits per heavy atom. The summed E-state index contributed by atoms with van der Waals surface area (Å²) < 4.78 is 12.3. The summed E-state index contributed by atoms with van der Waals surface area (Å²) in [6.45, 7) is 4.43. The molecular formula is C21H24N4O4S. The highest BCUT2D eigenvalue weighted by molar-refractivity contribution is 7.09. The number of esters is 1. The quantitative estimate of drug-likeness (QED) is 0.526. The van der Waals surface area contributed by atoms with E-state index in [4.69, 9.17) is 9.47 Å². The molecule has 0 radical (unpaired) electrons. The topological polar surface area (TPSA) is 95.3 Å². The maximum absolute atomic E-state index is 12.3. The number of rotatable bonds is 9. The van der Waals surface area contributed by atoms with Gasteiger partial charge in [0.05, 0.1) is 43.6 Å². The van der Waals surface area contributed by atoms with Gasteiger partial charge in [-0.15, -0.1) is 11.3 Å². The molecule has 0 unspecified atom stereocenters. The summed E-state index contributed by atoms with van der Waals surface area (Å²) >= 11 is 1.36. The van der Waals surface area contributed by atoms with Crippen LogP contribution in [0.15, 0.2) is 35.7 Å². The van der Waals surface area contributed by atoms with Gasteiger partial charge in [-0.1, -0.05) is 12.1 Å². The van der Waals surface area contributed by atoms with E-state index in [2.05, 4.69) is 15.4 Å². The van der Waals surface area contributed by atoms with Gasteiger partial charge < -0.3 is 14.8 Å². The van der Waals surface area contributed by atoms with Crippen LogP contribution < -0.4 is 10.1 Å². The van der Waals surface area contributed by atoms with Gasteiger partial charge in [-0.25, -0.2) is 4.98 Å². The minimum absolute atomic E-state index is 0.0839. The summed E-state index contributed by atoms with van der Waals surface area (Å²) in [6, 6.07) is 9.17. The molecular weight excluding hydrogens is 404 g/mol. The molecule has 0 aliphatic rings. The lowest BCUT2D eigenvalue weighted by atomic mass is 10.3. The van der Waals surface area contributed by atoms with E-state index in [0.29, 0.717) is 28.7 Å². The molecule has 0 fully saturated rings. The van der Waals surface area contributed by atoms with Crippen LogP contribution in [-0.2, 0) is 33.9 Å². The number of hydrogen-bond acceptors (Lipinski definition) is 7. The van der Waals surface area contributed by atoms with Crippen LogP contribution in [0.4, 0.5) is 5.69 Å². The van der Waals surface area contributed by atoms with Crippen LogP contribution in [0.2, 0.25) is 0 Å². The fraction of sp³-hybridized carbons (Fsp3) is 0.333. The molecule has 0 saturated heterocycles. The molecule has 2 heterocycles. The highest BCUT2D eigenvalue weighted by Crippen LogP contribution is 2.23. The van der Waals surface area contributed by atoms with Gasteiger partial charge in [0, 0.05) is 11.1 Å². The first-order chi connectivity index (χ1) is 14.4. The Morgan fingerprint density at radius 2 is 2.03 bits per heavy atom. The van der Waals surface area contributed by atoms with Crippen molar-refractivity contribution >= 4 is 28.9 Å². The van der Waals surface area contributed by atoms with Crippen LogP contribution in [0.3, 0.4) is 0 Å². The van der Waals surface area contributed by atoms with Crippen LogP contribution in [0.1, 0.15) is 28.5 Å². The van der Waals surface area contributed by atoms with E-state index in [1.54, 1.807) is 29.3 Å². The van der Waals surface area contributed by atoms with Gasteiger partial charge in [-0.3, -0.25) is 14.3 Å². The summed E-state index contributed by atoms with van der Waals surface area (Å²) in [6.07, 6.45) is 0.370. The molecule has 1 aromatic carbocycles. The van der Waals surface area contributed by atoms with Crippen molar-refractivity contribution in [1.82, 2.24) is 14.8 Å². The number of amides is 1. The molecule has 1 N–H and O–H groups in total. The van der Waals surface area contributed by atoms with Crippen LogP contribution in [0.5, 0.6) is 5.75 Å². The maximum atomic E-state index is 12.3. The predicted molar refractivity (Wildman–Crippen MR) is 114 cm³/mol. The smallest absolute Gasteiger partial charge is 0.308 e. The first kappa shape index (κ1) is 21.5. The Bertz CT molecular complexity index is 1030. The second-order valence-electron chi connectivity index (χ2n) is 6.72. The van der Waals surface area contributed by atoms with E-state index in [1.807, 2.05) is 32.0 Å². The number of nitrogens with zero attached hydrogens (tertiary/aromatic N) is 3. The van der Waals surface area contributed by atoms with Crippen molar-refractivity contribution in [2.24, 2.45) is 0 Å². The molecule has 3 aromatic rings. The van der Waals surface area contributed by atoms with E-state index >= 15 is 0 Å². The average molecular weight is 429 g/mol. The normalized spacial score (nSPS) is 10.6. The molecule has 9 heteroatoms. The molecule has 0 bridgehead atoms. The third kappa shape index (κ3) is 5.90. The lowest BCUT2D eigenvalue weighted by Gasteiger charge is -2.08. The first-order valence-corrected chi connectivity index (χ1v) is 10.4. The first-order valence-electron chi connectivity index (χ1n) is 9.47. The number of carbonyl (C=O) groups excluding carboxylic acids is 2. The van der Waals surface area contributed by atoms with Gasteiger partial charge in [-0.05, 0) is 32.0 Å². The molecule has 0 aliphatic carbocycles. The number of anilines is 1. The third-order valence-corrected chi connectivity index (χ3v) is 5.20. The van der Waals surface area contributed by atoms with Gasteiger partial charge in [0.2, 0.25) is 5.91 Å². The van der Waals surface area contributed by atoms with Gasteiger partial charge in [0.1, 0.15) is 17.4 Å². The molecule has 3 rings (SSSR count). The van der Waals surface area contributed by atoms with Crippen molar-refractivity contribution in [3.05, 3.63) is 57.8 Å². The monoisotopic (exact) mass is 428 g/mol. The Balaban J connectivity index is 1.44. The standard InChI is InChI=1S/C21H24N4O4S/c1-14-10-15(2)25(24-14)9-8-21(27)29-12-16-13-30-20(22-16)11-19(26)23-17-6-4-5-7-18(17)28-3/h4-7,10,13H,8-9,11-12H2,1-3H3,(H,23,26). The van der Waals surface area contributed by atoms with Crippen molar-refractivity contribution < 1.29 is 19.1 Å². The summed E-state index contributed by atoms with van der Waals surface area (Å²) in [5.74, 6) is 0.0892. The molecule has 158 valence electrons. The summed E-state index contributed by atoms with van der Waals surface area (Å²) in [5, 5.41) is 9.58. The summed E-state index contributed by atoms with van der Waals surface area (Å²) in [4.78, 5) is 28.6. The predicted octanol–water partition coefficient (Wildman–Crippen LogP) is 3.28. The van der Waals surface area contributed by atoms with Crippen molar-refractivity contribution in [2.75, 3.05) is 12.4 Å². The summed E-state index contributed by atoms with van der Waals surface area (Å²) in [7, 11) is 1.55. The number of thiazole rings is 1. The number of hydrogen-bond donors (Lipinski definition) is 1. The number of benzene rings is 1. The zero-order valence-corrected chi connectivity index (χ0v) is 18.0. The Labute approximate surface area is 178 Å². The fourth-order valence-corrected chi connectivity index (χ4v) is 3.68. The van der Waals surface area contributed by atoms with E-state index < -0.39 is 0 Å². The van der Waals surface area contributed by atoms with Crippen LogP contribution in [-0.4, -0.2) is 33.8 Å². The molecule has 0 atom stereocenters. The van der Waals surface area contributed by atoms with Crippen molar-refractivity contribution in [3.63, 3.8) is 0 Å². The van der Waals surface area contributed by atoms with Crippen molar-refractivity contribution in [2.45, 2.75) is 39.8 Å². The van der Waals surface area contributed by atoms with Crippen LogP contribution in [0, 0.1) is 13.8 Å². The Kier molecular flexibility index (Phi) is 7.18. The molecule has 0 aliphatic heterocycles. The molecule has 0 saturated carbocycles. The number of methoxy groups -OCH3 is 1. The number of ether oxygens (including phenoxy) is 2. The molecule has 30 heavy (non-hydrogen) atoms. The second kappa shape index (κ2) is 10.0. The molecule has 1 amide bonds. The van der Waals surface area contributed by atoms with Crippen LogP contribution >= 0.6 is 11.3 Å². The number of aryl methyl sites for hydroxylation is 3. The maximum Gasteiger partial charge on any atom is 0.308 e. The van der Waals surface area contributed by atoms with E-state index in [1.165, 1.54) is 11.3 Å². The molecule has 0 spiro atoms. The third-order valence-electron chi connectivity index (χ3n) is 4.30. The minimum atomic E-state index is -0.314. The SMILES string of the molecule is COc1ccccc1NC(=O)Cc1nc(COC(=O)CCn2nc(C)cc2C)cs1. The number of carbonyl (C=O) groups is 2. The number of aromatic nitrogens is 3. The number of para-hydroxylation sites is 2. The fourth-order valence-electron chi connectivity index (χ4n) is 2.90. The van der Waals surface area contributed by atoms with Gasteiger partial charge in [-0.2, -0.15) is 5.10 Å². The highest BCUT2D eigenvalue weighted by atomic mass is 32.1. The van der Waals surface area contributed by atoms with Gasteiger partial charge in [0.15, 0.2) is 0 Å². The molecule has 8 nitrogen and oxygen atoms in total.